The monoisotopic (exact) mass is 491 g/mol. The van der Waals surface area contributed by atoms with Gasteiger partial charge < -0.3 is 14.5 Å². The number of sulfonamides is 1. The number of piperidine rings is 1. The minimum absolute atomic E-state index is 0.0477. The molecule has 2 heterocycles. The molecular formula is C24H30ClN3O4S. The lowest BCUT2D eigenvalue weighted by atomic mass is 9.97. The van der Waals surface area contributed by atoms with Crippen LogP contribution in [0, 0.1) is 12.8 Å². The molecular weight excluding hydrogens is 462 g/mol. The first kappa shape index (κ1) is 23.9. The Morgan fingerprint density at radius 2 is 1.82 bits per heavy atom. The zero-order valence-electron chi connectivity index (χ0n) is 19.0. The molecule has 2 aliphatic rings. The van der Waals surface area contributed by atoms with Crippen LogP contribution in [-0.4, -0.2) is 69.9 Å². The number of carbonyl (C=O) groups is 1. The largest absolute Gasteiger partial charge is 0.496 e. The Bertz CT molecular complexity index is 1120. The Balaban J connectivity index is 1.40. The van der Waals surface area contributed by atoms with Gasteiger partial charge in [0.15, 0.2) is 0 Å². The number of nitrogens with zero attached hydrogens (tertiary/aromatic N) is 3. The number of piperazine rings is 1. The fourth-order valence-electron chi connectivity index (χ4n) is 4.64. The number of methoxy groups -OCH3 is 1. The second-order valence-corrected chi connectivity index (χ2v) is 11.0. The molecule has 9 heteroatoms. The van der Waals surface area contributed by atoms with E-state index in [4.69, 9.17) is 16.3 Å². The molecule has 0 unspecified atom stereocenters. The fraction of sp³-hybridized carbons (Fsp3) is 0.458. The number of anilines is 1. The molecule has 0 saturated carbocycles. The first-order valence-electron chi connectivity index (χ1n) is 11.2. The van der Waals surface area contributed by atoms with E-state index in [-0.39, 0.29) is 23.3 Å². The summed E-state index contributed by atoms with van der Waals surface area (Å²) in [7, 11) is -2.11. The lowest BCUT2D eigenvalue weighted by Crippen LogP contribution is -2.53. The van der Waals surface area contributed by atoms with Crippen LogP contribution in [0.2, 0.25) is 5.02 Å². The summed E-state index contributed by atoms with van der Waals surface area (Å²) in [6.45, 7) is 5.17. The average molecular weight is 492 g/mol. The van der Waals surface area contributed by atoms with Crippen molar-refractivity contribution in [3.63, 3.8) is 0 Å². The van der Waals surface area contributed by atoms with Crippen LogP contribution in [0.15, 0.2) is 47.4 Å². The van der Waals surface area contributed by atoms with Crippen molar-refractivity contribution in [3.05, 3.63) is 53.1 Å². The molecule has 2 saturated heterocycles. The van der Waals surface area contributed by atoms with E-state index < -0.39 is 10.0 Å². The maximum absolute atomic E-state index is 13.3. The first-order valence-corrected chi connectivity index (χ1v) is 13.1. The number of hydrogen-bond donors (Lipinski definition) is 0. The normalized spacial score (nSPS) is 20.0. The molecule has 2 aromatic rings. The lowest BCUT2D eigenvalue weighted by molar-refractivity contribution is -0.137. The Morgan fingerprint density at radius 3 is 2.48 bits per heavy atom. The van der Waals surface area contributed by atoms with Gasteiger partial charge in [0.05, 0.1) is 17.9 Å². The lowest BCUT2D eigenvalue weighted by Gasteiger charge is -2.39. The predicted molar refractivity (Wildman–Crippen MR) is 129 cm³/mol. The van der Waals surface area contributed by atoms with Crippen molar-refractivity contribution < 1.29 is 17.9 Å². The smallest absolute Gasteiger partial charge is 0.243 e. The van der Waals surface area contributed by atoms with Crippen molar-refractivity contribution >= 4 is 33.2 Å². The number of amides is 1. The van der Waals surface area contributed by atoms with Gasteiger partial charge >= 0.3 is 0 Å². The van der Waals surface area contributed by atoms with Gasteiger partial charge in [-0.3, -0.25) is 4.79 Å². The third-order valence-corrected chi connectivity index (χ3v) is 8.60. The summed E-state index contributed by atoms with van der Waals surface area (Å²) in [4.78, 5) is 17.6. The summed E-state index contributed by atoms with van der Waals surface area (Å²) in [5.41, 5.74) is 1.82. The summed E-state index contributed by atoms with van der Waals surface area (Å²) in [5, 5.41) is 0.696. The van der Waals surface area contributed by atoms with Crippen LogP contribution in [0.1, 0.15) is 18.4 Å². The van der Waals surface area contributed by atoms with E-state index in [1.807, 2.05) is 36.1 Å². The third kappa shape index (κ3) is 5.13. The van der Waals surface area contributed by atoms with E-state index >= 15 is 0 Å². The Kier molecular flexibility index (Phi) is 7.16. The maximum Gasteiger partial charge on any atom is 0.243 e. The number of aryl methyl sites for hydroxylation is 1. The molecule has 0 aliphatic carbocycles. The van der Waals surface area contributed by atoms with E-state index in [0.717, 1.165) is 24.3 Å². The van der Waals surface area contributed by atoms with Crippen LogP contribution in [-0.2, 0) is 14.8 Å². The first-order chi connectivity index (χ1) is 15.8. The number of hydrogen-bond acceptors (Lipinski definition) is 5. The van der Waals surface area contributed by atoms with Gasteiger partial charge in [0.2, 0.25) is 15.9 Å². The Morgan fingerprint density at radius 1 is 1.06 bits per heavy atom. The quantitative estimate of drug-likeness (QED) is 0.641. The highest BCUT2D eigenvalue weighted by molar-refractivity contribution is 7.89. The second kappa shape index (κ2) is 9.91. The topological polar surface area (TPSA) is 70.2 Å². The Labute approximate surface area is 200 Å². The number of benzene rings is 2. The molecule has 0 radical (unpaired) electrons. The zero-order valence-corrected chi connectivity index (χ0v) is 20.6. The second-order valence-electron chi connectivity index (χ2n) is 8.63. The zero-order chi connectivity index (χ0) is 23.6. The average Bonchev–Trinajstić information content (AvgIpc) is 2.83. The molecule has 1 atom stereocenters. The molecule has 178 valence electrons. The standard InChI is InChI=1S/C24H30ClN3O4S/c1-18-15-22(8-9-23(18)32-2)33(30,31)28-10-4-5-19(17-28)24(29)27-13-11-26(12-14-27)21-7-3-6-20(25)16-21/h3,6-9,15-16,19H,4-5,10-14,17H2,1-2H3/t19-/m1/s1. The van der Waals surface area contributed by atoms with Gasteiger partial charge in [0.25, 0.3) is 0 Å². The van der Waals surface area contributed by atoms with Crippen molar-refractivity contribution in [2.75, 3.05) is 51.3 Å². The van der Waals surface area contributed by atoms with Crippen molar-refractivity contribution in [2.45, 2.75) is 24.7 Å². The van der Waals surface area contributed by atoms with E-state index in [0.29, 0.717) is 43.2 Å². The van der Waals surface area contributed by atoms with Gasteiger partial charge in [-0.05, 0) is 61.7 Å². The highest BCUT2D eigenvalue weighted by Crippen LogP contribution is 2.28. The van der Waals surface area contributed by atoms with Gasteiger partial charge in [-0.2, -0.15) is 4.31 Å². The van der Waals surface area contributed by atoms with Gasteiger partial charge in [0.1, 0.15) is 5.75 Å². The van der Waals surface area contributed by atoms with Crippen LogP contribution in [0.5, 0.6) is 5.75 Å². The summed E-state index contributed by atoms with van der Waals surface area (Å²) < 4.78 is 33.2. The molecule has 2 aromatic carbocycles. The van der Waals surface area contributed by atoms with Gasteiger partial charge in [0, 0.05) is 50.0 Å². The summed E-state index contributed by atoms with van der Waals surface area (Å²) in [5.74, 6) is 0.384. The highest BCUT2D eigenvalue weighted by atomic mass is 35.5. The molecule has 2 aliphatic heterocycles. The molecule has 0 aromatic heterocycles. The number of rotatable bonds is 5. The molecule has 33 heavy (non-hydrogen) atoms. The van der Waals surface area contributed by atoms with Crippen molar-refractivity contribution in [3.8, 4) is 5.75 Å². The molecule has 4 rings (SSSR count). The SMILES string of the molecule is COc1ccc(S(=O)(=O)N2CCC[C@@H](C(=O)N3CCN(c4cccc(Cl)c4)CC3)C2)cc1C. The predicted octanol–water partition coefficient (Wildman–Crippen LogP) is 3.41. The molecule has 1 amide bonds. The van der Waals surface area contributed by atoms with E-state index in [9.17, 15) is 13.2 Å². The molecule has 0 bridgehead atoms. The van der Waals surface area contributed by atoms with Crippen LogP contribution in [0.25, 0.3) is 0 Å². The minimum Gasteiger partial charge on any atom is -0.496 e. The molecule has 2 fully saturated rings. The van der Waals surface area contributed by atoms with Gasteiger partial charge in [-0.15, -0.1) is 0 Å². The van der Waals surface area contributed by atoms with E-state index in [1.54, 1.807) is 25.3 Å². The van der Waals surface area contributed by atoms with Gasteiger partial charge in [-0.1, -0.05) is 17.7 Å². The molecule has 0 N–H and O–H groups in total. The van der Waals surface area contributed by atoms with Crippen LogP contribution >= 0.6 is 11.6 Å². The number of ether oxygens (including phenoxy) is 1. The van der Waals surface area contributed by atoms with Crippen molar-refractivity contribution in [2.24, 2.45) is 5.92 Å². The number of halogens is 1. The van der Waals surface area contributed by atoms with Crippen LogP contribution < -0.4 is 9.64 Å². The van der Waals surface area contributed by atoms with E-state index in [1.165, 1.54) is 4.31 Å². The summed E-state index contributed by atoms with van der Waals surface area (Å²) in [6.07, 6.45) is 1.38. The maximum atomic E-state index is 13.3. The minimum atomic E-state index is -3.67. The summed E-state index contributed by atoms with van der Waals surface area (Å²) in [6, 6.07) is 12.6. The van der Waals surface area contributed by atoms with Crippen molar-refractivity contribution in [1.29, 1.82) is 0 Å². The van der Waals surface area contributed by atoms with Crippen molar-refractivity contribution in [1.82, 2.24) is 9.21 Å². The van der Waals surface area contributed by atoms with Gasteiger partial charge in [-0.25, -0.2) is 8.42 Å². The highest BCUT2D eigenvalue weighted by Gasteiger charge is 2.36. The molecule has 7 nitrogen and oxygen atoms in total. The Hall–Kier alpha value is -2.29. The molecule has 0 spiro atoms. The van der Waals surface area contributed by atoms with E-state index in [2.05, 4.69) is 4.90 Å². The van der Waals surface area contributed by atoms with Crippen LogP contribution in [0.4, 0.5) is 5.69 Å². The fourth-order valence-corrected chi connectivity index (χ4v) is 6.43. The third-order valence-electron chi connectivity index (χ3n) is 6.50. The summed E-state index contributed by atoms with van der Waals surface area (Å²) >= 11 is 6.11. The number of carbonyl (C=O) groups excluding carboxylic acids is 1. The van der Waals surface area contributed by atoms with Crippen LogP contribution in [0.3, 0.4) is 0 Å².